The van der Waals surface area contributed by atoms with Crippen molar-refractivity contribution >= 4 is 17.6 Å². The predicted molar refractivity (Wildman–Crippen MR) is 103 cm³/mol. The maximum atomic E-state index is 12.5. The molecule has 0 spiro atoms. The first-order valence-corrected chi connectivity index (χ1v) is 8.68. The summed E-state index contributed by atoms with van der Waals surface area (Å²) in [5, 5.41) is 8.81. The number of hydrogen-bond donors (Lipinski definition) is 0. The van der Waals surface area contributed by atoms with Gasteiger partial charge in [-0.05, 0) is 29.8 Å². The summed E-state index contributed by atoms with van der Waals surface area (Å²) in [5.74, 6) is 0.150. The molecule has 7 heteroatoms. The first kappa shape index (κ1) is 20.8. The summed E-state index contributed by atoms with van der Waals surface area (Å²) in [6.45, 7) is -0.168. The van der Waals surface area contributed by atoms with Crippen LogP contribution in [0.1, 0.15) is 12.0 Å². The standard InChI is InChI=1S/C21H22N2O5/c1-26-18-10-9-16(13-19(18)27-2)14-21(25)28-15-20(24)23(12-6-11-22)17-7-4-3-5-8-17/h3-5,7-10,13H,6,12,14-15H2,1-2H3. The highest BCUT2D eigenvalue weighted by atomic mass is 16.5. The van der Waals surface area contributed by atoms with Crippen LogP contribution in [-0.4, -0.2) is 39.2 Å². The van der Waals surface area contributed by atoms with E-state index in [1.54, 1.807) is 42.5 Å². The van der Waals surface area contributed by atoms with Gasteiger partial charge in [0.1, 0.15) is 0 Å². The number of esters is 1. The molecule has 28 heavy (non-hydrogen) atoms. The average molecular weight is 382 g/mol. The number of para-hydroxylation sites is 1. The zero-order valence-corrected chi connectivity index (χ0v) is 15.9. The summed E-state index contributed by atoms with van der Waals surface area (Å²) in [6.07, 6.45) is 0.178. The van der Waals surface area contributed by atoms with Crippen LogP contribution < -0.4 is 14.4 Å². The smallest absolute Gasteiger partial charge is 0.310 e. The Kier molecular flexibility index (Phi) is 7.85. The summed E-state index contributed by atoms with van der Waals surface area (Å²) in [4.78, 5) is 26.1. The van der Waals surface area contributed by atoms with Crippen LogP contribution in [0.25, 0.3) is 0 Å². The fourth-order valence-electron chi connectivity index (χ4n) is 2.60. The molecule has 0 heterocycles. The molecule has 0 unspecified atom stereocenters. The van der Waals surface area contributed by atoms with Crippen LogP contribution in [-0.2, 0) is 20.7 Å². The SMILES string of the molecule is COc1ccc(CC(=O)OCC(=O)N(CCC#N)c2ccccc2)cc1OC. The van der Waals surface area contributed by atoms with E-state index >= 15 is 0 Å². The lowest BCUT2D eigenvalue weighted by molar-refractivity contribution is -0.147. The first-order chi connectivity index (χ1) is 13.6. The molecule has 0 aliphatic rings. The molecule has 0 atom stereocenters. The maximum Gasteiger partial charge on any atom is 0.310 e. The van der Waals surface area contributed by atoms with E-state index in [1.807, 2.05) is 12.1 Å². The van der Waals surface area contributed by atoms with Crippen molar-refractivity contribution in [3.63, 3.8) is 0 Å². The van der Waals surface area contributed by atoms with E-state index in [0.29, 0.717) is 22.7 Å². The molecule has 7 nitrogen and oxygen atoms in total. The van der Waals surface area contributed by atoms with E-state index in [1.165, 1.54) is 19.1 Å². The van der Waals surface area contributed by atoms with Crippen LogP contribution in [0.5, 0.6) is 11.5 Å². The van der Waals surface area contributed by atoms with Crippen molar-refractivity contribution in [2.45, 2.75) is 12.8 Å². The third kappa shape index (κ3) is 5.74. The molecule has 0 radical (unpaired) electrons. The molecular formula is C21H22N2O5. The second-order valence-corrected chi connectivity index (χ2v) is 5.82. The van der Waals surface area contributed by atoms with Gasteiger partial charge >= 0.3 is 5.97 Å². The summed E-state index contributed by atoms with van der Waals surface area (Å²) >= 11 is 0. The number of anilines is 1. The monoisotopic (exact) mass is 382 g/mol. The minimum absolute atomic E-state index is 0.00281. The molecule has 0 aliphatic heterocycles. The van der Waals surface area contributed by atoms with Gasteiger partial charge in [-0.2, -0.15) is 5.26 Å². The van der Waals surface area contributed by atoms with E-state index in [4.69, 9.17) is 19.5 Å². The molecule has 0 saturated heterocycles. The lowest BCUT2D eigenvalue weighted by Crippen LogP contribution is -2.35. The van der Waals surface area contributed by atoms with Crippen LogP contribution in [0.15, 0.2) is 48.5 Å². The van der Waals surface area contributed by atoms with Gasteiger partial charge in [0.05, 0.1) is 33.1 Å². The predicted octanol–water partition coefficient (Wildman–Crippen LogP) is 2.74. The Hall–Kier alpha value is -3.53. The highest BCUT2D eigenvalue weighted by Crippen LogP contribution is 2.27. The molecule has 0 aliphatic carbocycles. The molecule has 0 saturated carbocycles. The zero-order chi connectivity index (χ0) is 20.4. The molecule has 0 fully saturated rings. The van der Waals surface area contributed by atoms with Crippen molar-refractivity contribution in [2.24, 2.45) is 0 Å². The number of nitrogens with zero attached hydrogens (tertiary/aromatic N) is 2. The lowest BCUT2D eigenvalue weighted by Gasteiger charge is -2.21. The Bertz CT molecular complexity index is 846. The van der Waals surface area contributed by atoms with Gasteiger partial charge in [-0.3, -0.25) is 9.59 Å². The van der Waals surface area contributed by atoms with Gasteiger partial charge in [0.25, 0.3) is 5.91 Å². The Balaban J connectivity index is 1.96. The Morgan fingerprint density at radius 1 is 1.04 bits per heavy atom. The third-order valence-electron chi connectivity index (χ3n) is 3.97. The molecule has 2 aromatic carbocycles. The van der Waals surface area contributed by atoms with Crippen LogP contribution >= 0.6 is 0 Å². The second-order valence-electron chi connectivity index (χ2n) is 5.82. The topological polar surface area (TPSA) is 88.9 Å². The quantitative estimate of drug-likeness (QED) is 0.620. The van der Waals surface area contributed by atoms with E-state index in [9.17, 15) is 9.59 Å². The van der Waals surface area contributed by atoms with Crippen molar-refractivity contribution in [3.05, 3.63) is 54.1 Å². The number of ether oxygens (including phenoxy) is 3. The average Bonchev–Trinajstić information content (AvgIpc) is 2.73. The number of methoxy groups -OCH3 is 2. The number of rotatable bonds is 9. The Labute approximate surface area is 164 Å². The fourth-order valence-corrected chi connectivity index (χ4v) is 2.60. The first-order valence-electron chi connectivity index (χ1n) is 8.68. The van der Waals surface area contributed by atoms with Crippen LogP contribution in [0.3, 0.4) is 0 Å². The van der Waals surface area contributed by atoms with Gasteiger partial charge in [-0.15, -0.1) is 0 Å². The number of nitriles is 1. The van der Waals surface area contributed by atoms with Crippen molar-refractivity contribution < 1.29 is 23.8 Å². The third-order valence-corrected chi connectivity index (χ3v) is 3.97. The minimum Gasteiger partial charge on any atom is -0.493 e. The highest BCUT2D eigenvalue weighted by molar-refractivity contribution is 5.95. The number of hydrogen-bond acceptors (Lipinski definition) is 6. The molecule has 0 aromatic heterocycles. The summed E-state index contributed by atoms with van der Waals surface area (Å²) in [6, 6.07) is 16.1. The normalized spacial score (nSPS) is 9.89. The van der Waals surface area contributed by atoms with Gasteiger partial charge in [-0.25, -0.2) is 0 Å². The summed E-state index contributed by atoms with van der Waals surface area (Å²) in [7, 11) is 3.04. The minimum atomic E-state index is -0.533. The van der Waals surface area contributed by atoms with Crippen molar-refractivity contribution in [1.29, 1.82) is 5.26 Å². The van der Waals surface area contributed by atoms with Crippen LogP contribution in [0.2, 0.25) is 0 Å². The van der Waals surface area contributed by atoms with Crippen LogP contribution in [0, 0.1) is 11.3 Å². The molecule has 2 rings (SSSR count). The van der Waals surface area contributed by atoms with E-state index in [0.717, 1.165) is 0 Å². The molecule has 2 aromatic rings. The highest BCUT2D eigenvalue weighted by Gasteiger charge is 2.18. The van der Waals surface area contributed by atoms with E-state index in [2.05, 4.69) is 0 Å². The molecule has 1 amide bonds. The van der Waals surface area contributed by atoms with Crippen molar-refractivity contribution in [2.75, 3.05) is 32.3 Å². The molecule has 146 valence electrons. The van der Waals surface area contributed by atoms with Crippen molar-refractivity contribution in [3.8, 4) is 17.6 Å². The fraction of sp³-hybridized carbons (Fsp3) is 0.286. The molecule has 0 N–H and O–H groups in total. The number of amides is 1. The van der Waals surface area contributed by atoms with Gasteiger partial charge < -0.3 is 19.1 Å². The number of benzene rings is 2. The van der Waals surface area contributed by atoms with Gasteiger partial charge in [0, 0.05) is 12.2 Å². The van der Waals surface area contributed by atoms with Gasteiger partial charge in [-0.1, -0.05) is 24.3 Å². The molecular weight excluding hydrogens is 360 g/mol. The molecule has 0 bridgehead atoms. The summed E-state index contributed by atoms with van der Waals surface area (Å²) < 4.78 is 15.5. The number of carbonyl (C=O) groups excluding carboxylic acids is 2. The zero-order valence-electron chi connectivity index (χ0n) is 15.9. The largest absolute Gasteiger partial charge is 0.493 e. The number of carbonyl (C=O) groups is 2. The van der Waals surface area contributed by atoms with E-state index in [-0.39, 0.29) is 25.3 Å². The second kappa shape index (κ2) is 10.6. The van der Waals surface area contributed by atoms with E-state index < -0.39 is 12.6 Å². The Morgan fingerprint density at radius 3 is 2.39 bits per heavy atom. The van der Waals surface area contributed by atoms with Crippen LogP contribution in [0.4, 0.5) is 5.69 Å². The van der Waals surface area contributed by atoms with Gasteiger partial charge in [0.15, 0.2) is 18.1 Å². The maximum absolute atomic E-state index is 12.5. The van der Waals surface area contributed by atoms with Gasteiger partial charge in [0.2, 0.25) is 0 Å². The van der Waals surface area contributed by atoms with Crippen molar-refractivity contribution in [1.82, 2.24) is 0 Å². The lowest BCUT2D eigenvalue weighted by atomic mass is 10.1. The summed E-state index contributed by atoms with van der Waals surface area (Å²) in [5.41, 5.74) is 1.33. The Morgan fingerprint density at radius 2 is 1.75 bits per heavy atom.